The van der Waals surface area contributed by atoms with Crippen LogP contribution in [0.25, 0.3) is 11.0 Å². The van der Waals surface area contributed by atoms with Crippen LogP contribution in [-0.4, -0.2) is 25.5 Å². The minimum atomic E-state index is -0.111. The summed E-state index contributed by atoms with van der Waals surface area (Å²) in [7, 11) is 2.05. The SMILES string of the molecule is CC1CCN(C)c2ccccc2N1C(=O)c1ccc2c(=O)ccoc2c1. The van der Waals surface area contributed by atoms with Gasteiger partial charge in [-0.05, 0) is 43.7 Å². The Morgan fingerprint density at radius 3 is 2.69 bits per heavy atom. The standard InChI is InChI=1S/C21H20N2O3/c1-14-9-11-22(2)17-5-3-4-6-18(17)23(14)21(25)15-7-8-16-19(24)10-12-26-20(16)13-15/h3-8,10,12-14H,9,11H2,1-2H3. The summed E-state index contributed by atoms with van der Waals surface area (Å²) in [6, 6.07) is 14.4. The number of hydrogen-bond donors (Lipinski definition) is 0. The summed E-state index contributed by atoms with van der Waals surface area (Å²) in [5.74, 6) is -0.0892. The van der Waals surface area contributed by atoms with Gasteiger partial charge in [-0.1, -0.05) is 12.1 Å². The molecule has 0 radical (unpaired) electrons. The van der Waals surface area contributed by atoms with Crippen LogP contribution < -0.4 is 15.2 Å². The molecule has 0 saturated carbocycles. The number of carbonyl (C=O) groups is 1. The van der Waals surface area contributed by atoms with Gasteiger partial charge in [-0.3, -0.25) is 9.59 Å². The minimum Gasteiger partial charge on any atom is -0.464 e. The second-order valence-corrected chi connectivity index (χ2v) is 6.72. The van der Waals surface area contributed by atoms with E-state index in [0.717, 1.165) is 24.3 Å². The lowest BCUT2D eigenvalue weighted by atomic mass is 10.1. The van der Waals surface area contributed by atoms with Gasteiger partial charge < -0.3 is 14.2 Å². The van der Waals surface area contributed by atoms with Crippen LogP contribution in [0.4, 0.5) is 11.4 Å². The first kappa shape index (κ1) is 16.4. The van der Waals surface area contributed by atoms with E-state index in [2.05, 4.69) is 11.8 Å². The summed E-state index contributed by atoms with van der Waals surface area (Å²) in [6.45, 7) is 2.95. The molecule has 5 heteroatoms. The molecule has 0 aliphatic carbocycles. The van der Waals surface area contributed by atoms with Crippen LogP contribution in [0.5, 0.6) is 0 Å². The molecule has 132 valence electrons. The third-order valence-electron chi connectivity index (χ3n) is 5.00. The number of amides is 1. The number of para-hydroxylation sites is 2. The smallest absolute Gasteiger partial charge is 0.258 e. The van der Waals surface area contributed by atoms with Crippen molar-refractivity contribution in [3.63, 3.8) is 0 Å². The number of nitrogens with zero attached hydrogens (tertiary/aromatic N) is 2. The number of carbonyl (C=O) groups excluding carboxylic acids is 1. The normalized spacial score (nSPS) is 17.1. The van der Waals surface area contributed by atoms with Gasteiger partial charge in [-0.2, -0.15) is 0 Å². The maximum absolute atomic E-state index is 13.3. The van der Waals surface area contributed by atoms with Crippen molar-refractivity contribution >= 4 is 28.3 Å². The van der Waals surface area contributed by atoms with Crippen LogP contribution in [0.1, 0.15) is 23.7 Å². The zero-order valence-electron chi connectivity index (χ0n) is 14.8. The fourth-order valence-corrected chi connectivity index (χ4v) is 3.52. The molecule has 1 amide bonds. The van der Waals surface area contributed by atoms with Crippen molar-refractivity contribution < 1.29 is 9.21 Å². The third-order valence-corrected chi connectivity index (χ3v) is 5.00. The van der Waals surface area contributed by atoms with Crippen LogP contribution >= 0.6 is 0 Å². The van der Waals surface area contributed by atoms with Gasteiger partial charge in [0.25, 0.3) is 5.91 Å². The van der Waals surface area contributed by atoms with Crippen molar-refractivity contribution in [1.82, 2.24) is 0 Å². The number of rotatable bonds is 1. The molecule has 1 aliphatic heterocycles. The Morgan fingerprint density at radius 1 is 1.12 bits per heavy atom. The highest BCUT2D eigenvalue weighted by Gasteiger charge is 2.29. The fourth-order valence-electron chi connectivity index (χ4n) is 3.52. The fraction of sp³-hybridized carbons (Fsp3) is 0.238. The Labute approximate surface area is 151 Å². The predicted octanol–water partition coefficient (Wildman–Crippen LogP) is 3.67. The lowest BCUT2D eigenvalue weighted by molar-refractivity contribution is 0.0978. The Hall–Kier alpha value is -3.08. The molecule has 1 atom stereocenters. The first-order chi connectivity index (χ1) is 12.6. The van der Waals surface area contributed by atoms with Crippen molar-refractivity contribution in [3.8, 4) is 0 Å². The van der Waals surface area contributed by atoms with Gasteiger partial charge in [0.05, 0.1) is 23.0 Å². The van der Waals surface area contributed by atoms with E-state index >= 15 is 0 Å². The molecule has 0 saturated heterocycles. The Balaban J connectivity index is 1.82. The van der Waals surface area contributed by atoms with E-state index in [0.29, 0.717) is 16.5 Å². The highest BCUT2D eigenvalue weighted by molar-refractivity contribution is 6.09. The lowest BCUT2D eigenvalue weighted by Gasteiger charge is -2.28. The molecular formula is C21H20N2O3. The Bertz CT molecular complexity index is 1040. The molecule has 2 heterocycles. The van der Waals surface area contributed by atoms with Gasteiger partial charge in [0, 0.05) is 31.3 Å². The van der Waals surface area contributed by atoms with Crippen LogP contribution in [-0.2, 0) is 0 Å². The van der Waals surface area contributed by atoms with Gasteiger partial charge in [0.1, 0.15) is 5.58 Å². The van der Waals surface area contributed by atoms with Crippen LogP contribution in [0, 0.1) is 0 Å². The molecular weight excluding hydrogens is 328 g/mol. The van der Waals surface area contributed by atoms with Gasteiger partial charge in [-0.25, -0.2) is 0 Å². The lowest BCUT2D eigenvalue weighted by Crippen LogP contribution is -2.38. The maximum Gasteiger partial charge on any atom is 0.258 e. The predicted molar refractivity (Wildman–Crippen MR) is 103 cm³/mol. The van der Waals surface area contributed by atoms with E-state index < -0.39 is 0 Å². The quantitative estimate of drug-likeness (QED) is 0.673. The second-order valence-electron chi connectivity index (χ2n) is 6.72. The molecule has 0 fully saturated rings. The van der Waals surface area contributed by atoms with E-state index in [4.69, 9.17) is 4.42 Å². The van der Waals surface area contributed by atoms with Crippen LogP contribution in [0.15, 0.2) is 64.0 Å². The molecule has 2 aromatic carbocycles. The van der Waals surface area contributed by atoms with Crippen LogP contribution in [0.3, 0.4) is 0 Å². The number of hydrogen-bond acceptors (Lipinski definition) is 4. The molecule has 1 unspecified atom stereocenters. The van der Waals surface area contributed by atoms with Crippen LogP contribution in [0.2, 0.25) is 0 Å². The monoisotopic (exact) mass is 348 g/mol. The van der Waals surface area contributed by atoms with Crippen molar-refractivity contribution in [3.05, 3.63) is 70.6 Å². The summed E-state index contributed by atoms with van der Waals surface area (Å²) in [4.78, 5) is 29.3. The average molecular weight is 348 g/mol. The molecule has 26 heavy (non-hydrogen) atoms. The maximum atomic E-state index is 13.3. The average Bonchev–Trinajstić information content (AvgIpc) is 2.78. The van der Waals surface area contributed by atoms with Gasteiger partial charge in [-0.15, -0.1) is 0 Å². The summed E-state index contributed by atoms with van der Waals surface area (Å²) in [5, 5.41) is 0.480. The molecule has 5 nitrogen and oxygen atoms in total. The van der Waals surface area contributed by atoms with E-state index in [1.807, 2.05) is 36.2 Å². The van der Waals surface area contributed by atoms with Crippen molar-refractivity contribution in [1.29, 1.82) is 0 Å². The Kier molecular flexibility index (Phi) is 3.99. The molecule has 0 N–H and O–H groups in total. The van der Waals surface area contributed by atoms with E-state index in [-0.39, 0.29) is 17.4 Å². The number of benzene rings is 2. The topological polar surface area (TPSA) is 53.8 Å². The molecule has 0 spiro atoms. The van der Waals surface area contributed by atoms with Crippen molar-refractivity contribution in [2.45, 2.75) is 19.4 Å². The zero-order chi connectivity index (χ0) is 18.3. The van der Waals surface area contributed by atoms with Gasteiger partial charge in [0.2, 0.25) is 0 Å². The molecule has 1 aliphatic rings. The number of fused-ring (bicyclic) bond motifs is 2. The highest BCUT2D eigenvalue weighted by Crippen LogP contribution is 2.34. The van der Waals surface area contributed by atoms with Crippen molar-refractivity contribution in [2.24, 2.45) is 0 Å². The molecule has 1 aromatic heterocycles. The van der Waals surface area contributed by atoms with Crippen molar-refractivity contribution in [2.75, 3.05) is 23.4 Å². The van der Waals surface area contributed by atoms with E-state index in [9.17, 15) is 9.59 Å². The molecule has 4 rings (SSSR count). The van der Waals surface area contributed by atoms with E-state index in [1.165, 1.54) is 12.3 Å². The van der Waals surface area contributed by atoms with Gasteiger partial charge in [0.15, 0.2) is 5.43 Å². The van der Waals surface area contributed by atoms with E-state index in [1.54, 1.807) is 18.2 Å². The largest absolute Gasteiger partial charge is 0.464 e. The Morgan fingerprint density at radius 2 is 1.88 bits per heavy atom. The summed E-state index contributed by atoms with van der Waals surface area (Å²) in [6.07, 6.45) is 2.23. The molecule has 3 aromatic rings. The summed E-state index contributed by atoms with van der Waals surface area (Å²) >= 11 is 0. The first-order valence-electron chi connectivity index (χ1n) is 8.71. The molecule has 0 bridgehead atoms. The second kappa shape index (κ2) is 6.33. The third kappa shape index (κ3) is 2.65. The summed E-state index contributed by atoms with van der Waals surface area (Å²) < 4.78 is 5.43. The van der Waals surface area contributed by atoms with Gasteiger partial charge >= 0.3 is 0 Å². The minimum absolute atomic E-state index is 0.0621. The highest BCUT2D eigenvalue weighted by atomic mass is 16.3. The summed E-state index contributed by atoms with van der Waals surface area (Å²) in [5.41, 5.74) is 2.77. The number of anilines is 2. The zero-order valence-corrected chi connectivity index (χ0v) is 14.8. The first-order valence-corrected chi connectivity index (χ1v) is 8.71.